The molecule has 0 bridgehead atoms. The second kappa shape index (κ2) is 6.76. The molecule has 1 heteroatoms. The van der Waals surface area contributed by atoms with E-state index in [4.69, 9.17) is 0 Å². The van der Waals surface area contributed by atoms with Gasteiger partial charge in [0.1, 0.15) is 5.78 Å². The summed E-state index contributed by atoms with van der Waals surface area (Å²) in [5.74, 6) is 0.289. The molecule has 26 heavy (non-hydrogen) atoms. The van der Waals surface area contributed by atoms with Crippen molar-refractivity contribution < 1.29 is 4.79 Å². The van der Waals surface area contributed by atoms with Crippen LogP contribution >= 0.6 is 0 Å². The normalized spacial score (nSPS) is 11.2. The Morgan fingerprint density at radius 1 is 0.692 bits per heavy atom. The summed E-state index contributed by atoms with van der Waals surface area (Å²) in [6.45, 7) is 3.62. The molecule has 0 spiro atoms. The fraction of sp³-hybridized carbons (Fsp3) is 0.160. The van der Waals surface area contributed by atoms with Crippen LogP contribution in [-0.2, 0) is 4.79 Å². The van der Waals surface area contributed by atoms with Gasteiger partial charge in [0.25, 0.3) is 0 Å². The highest BCUT2D eigenvalue weighted by atomic mass is 16.1. The maximum absolute atomic E-state index is 10.0. The molecule has 128 valence electrons. The van der Waals surface area contributed by atoms with Gasteiger partial charge in [0.15, 0.2) is 0 Å². The summed E-state index contributed by atoms with van der Waals surface area (Å²) in [6.07, 6.45) is 1.72. The molecule has 0 saturated carbocycles. The van der Waals surface area contributed by atoms with Crippen molar-refractivity contribution in [2.75, 3.05) is 0 Å². The van der Waals surface area contributed by atoms with Gasteiger partial charge < -0.3 is 4.79 Å². The minimum atomic E-state index is 0.289. The highest BCUT2D eigenvalue weighted by Gasteiger charge is 2.09. The average Bonchev–Trinajstić information content (AvgIpc) is 2.66. The monoisotopic (exact) mass is 338 g/mol. The molecule has 0 aromatic heterocycles. The van der Waals surface area contributed by atoms with Crippen molar-refractivity contribution in [1.82, 2.24) is 0 Å². The first-order valence-electron chi connectivity index (χ1n) is 9.23. The van der Waals surface area contributed by atoms with Crippen LogP contribution in [0.5, 0.6) is 0 Å². The van der Waals surface area contributed by atoms with Gasteiger partial charge >= 0.3 is 0 Å². The third-order valence-electron chi connectivity index (χ3n) is 4.97. The van der Waals surface area contributed by atoms with E-state index in [1.807, 2.05) is 6.92 Å². The van der Waals surface area contributed by atoms with Crippen LogP contribution in [0, 0.1) is 0 Å². The van der Waals surface area contributed by atoms with E-state index >= 15 is 0 Å². The van der Waals surface area contributed by atoms with E-state index in [-0.39, 0.29) is 5.78 Å². The van der Waals surface area contributed by atoms with E-state index in [0.717, 1.165) is 12.8 Å². The van der Waals surface area contributed by atoms with Crippen LogP contribution in [0.1, 0.15) is 26.7 Å². The Morgan fingerprint density at radius 3 is 2.04 bits per heavy atom. The minimum Gasteiger partial charge on any atom is -0.300 e. The SMILES string of the molecule is CCCC(C)=O.c1ccc2c(c1)cc1ccc3cccc4ccc2c1c34. The molecule has 5 aromatic rings. The first-order chi connectivity index (χ1) is 12.7. The Kier molecular flexibility index (Phi) is 4.30. The molecule has 0 atom stereocenters. The van der Waals surface area contributed by atoms with Gasteiger partial charge in [-0.3, -0.25) is 0 Å². The van der Waals surface area contributed by atoms with E-state index < -0.39 is 0 Å². The Bertz CT molecular complexity index is 1200. The zero-order valence-corrected chi connectivity index (χ0v) is 15.3. The fourth-order valence-corrected chi connectivity index (χ4v) is 3.84. The standard InChI is InChI=1S/C20H12.C5H10O/c1-2-7-17-15(4-1)12-16-9-8-13-5-3-6-14-10-11-18(17)20(16)19(13)14;1-3-4-5(2)6/h1-12H;3-4H2,1-2H3. The predicted octanol–water partition coefficient (Wildman–Crippen LogP) is 7.11. The molecule has 0 N–H and O–H groups in total. The van der Waals surface area contributed by atoms with Gasteiger partial charge in [-0.1, -0.05) is 73.7 Å². The van der Waals surface area contributed by atoms with Gasteiger partial charge in [-0.25, -0.2) is 0 Å². The summed E-state index contributed by atoms with van der Waals surface area (Å²) in [7, 11) is 0. The summed E-state index contributed by atoms with van der Waals surface area (Å²) >= 11 is 0. The van der Waals surface area contributed by atoms with Gasteiger partial charge in [-0.15, -0.1) is 0 Å². The number of ketones is 1. The van der Waals surface area contributed by atoms with Crippen LogP contribution in [0.3, 0.4) is 0 Å². The third-order valence-corrected chi connectivity index (χ3v) is 4.97. The van der Waals surface area contributed by atoms with E-state index in [0.29, 0.717) is 0 Å². The lowest BCUT2D eigenvalue weighted by Crippen LogP contribution is -1.85. The smallest absolute Gasteiger partial charge is 0.129 e. The quantitative estimate of drug-likeness (QED) is 0.247. The van der Waals surface area contributed by atoms with Crippen LogP contribution in [-0.4, -0.2) is 5.78 Å². The van der Waals surface area contributed by atoms with Crippen LogP contribution in [0.25, 0.3) is 43.1 Å². The summed E-state index contributed by atoms with van der Waals surface area (Å²) in [4.78, 5) is 10.0. The molecule has 5 aromatic carbocycles. The third kappa shape index (κ3) is 2.80. The summed E-state index contributed by atoms with van der Waals surface area (Å²) in [5, 5.41) is 10.8. The lowest BCUT2D eigenvalue weighted by atomic mass is 9.91. The largest absolute Gasteiger partial charge is 0.300 e. The second-order valence-corrected chi connectivity index (χ2v) is 6.91. The van der Waals surface area contributed by atoms with Crippen LogP contribution in [0.2, 0.25) is 0 Å². The molecular weight excluding hydrogens is 316 g/mol. The number of rotatable bonds is 2. The molecule has 0 aliphatic rings. The van der Waals surface area contributed by atoms with Crippen molar-refractivity contribution in [2.45, 2.75) is 26.7 Å². The van der Waals surface area contributed by atoms with Crippen molar-refractivity contribution in [3.8, 4) is 0 Å². The molecule has 0 radical (unpaired) electrons. The summed E-state index contributed by atoms with van der Waals surface area (Å²) < 4.78 is 0. The summed E-state index contributed by atoms with van der Waals surface area (Å²) in [5.41, 5.74) is 0. The average molecular weight is 338 g/mol. The number of carbonyl (C=O) groups excluding carboxylic acids is 1. The lowest BCUT2D eigenvalue weighted by Gasteiger charge is -2.12. The highest BCUT2D eigenvalue weighted by Crippen LogP contribution is 2.38. The number of hydrogen-bond donors (Lipinski definition) is 0. The van der Waals surface area contributed by atoms with Crippen molar-refractivity contribution in [1.29, 1.82) is 0 Å². The topological polar surface area (TPSA) is 17.1 Å². The Balaban J connectivity index is 0.000000246. The van der Waals surface area contributed by atoms with Gasteiger partial charge in [0.2, 0.25) is 0 Å². The zero-order chi connectivity index (χ0) is 18.1. The molecule has 0 fully saturated rings. The number of benzene rings is 5. The molecule has 0 aliphatic heterocycles. The number of Topliss-reactive ketones (excluding diaryl/α,β-unsaturated/α-hetero) is 1. The number of hydrogen-bond acceptors (Lipinski definition) is 1. The molecule has 0 heterocycles. The molecule has 0 amide bonds. The fourth-order valence-electron chi connectivity index (χ4n) is 3.84. The molecular formula is C25H22O. The van der Waals surface area contributed by atoms with Crippen molar-refractivity contribution in [3.63, 3.8) is 0 Å². The molecule has 0 unspecified atom stereocenters. The van der Waals surface area contributed by atoms with E-state index in [1.165, 1.54) is 43.1 Å². The first-order valence-corrected chi connectivity index (χ1v) is 9.23. The Labute approximate surface area is 153 Å². The van der Waals surface area contributed by atoms with Crippen LogP contribution < -0.4 is 0 Å². The van der Waals surface area contributed by atoms with Crippen molar-refractivity contribution >= 4 is 48.9 Å². The Hall–Kier alpha value is -2.93. The van der Waals surface area contributed by atoms with Crippen molar-refractivity contribution in [2.24, 2.45) is 0 Å². The van der Waals surface area contributed by atoms with Crippen LogP contribution in [0.4, 0.5) is 0 Å². The Morgan fingerprint density at radius 2 is 1.35 bits per heavy atom. The number of fused-ring (bicyclic) bond motifs is 2. The molecule has 5 rings (SSSR count). The van der Waals surface area contributed by atoms with Gasteiger partial charge in [-0.05, 0) is 62.5 Å². The predicted molar refractivity (Wildman–Crippen MR) is 113 cm³/mol. The highest BCUT2D eigenvalue weighted by molar-refractivity contribution is 6.28. The lowest BCUT2D eigenvalue weighted by molar-refractivity contribution is -0.117. The first kappa shape index (κ1) is 16.5. The second-order valence-electron chi connectivity index (χ2n) is 6.91. The van der Waals surface area contributed by atoms with Gasteiger partial charge in [-0.2, -0.15) is 0 Å². The van der Waals surface area contributed by atoms with E-state index in [2.05, 4.69) is 72.8 Å². The van der Waals surface area contributed by atoms with Crippen molar-refractivity contribution in [3.05, 3.63) is 72.8 Å². The van der Waals surface area contributed by atoms with E-state index in [9.17, 15) is 4.79 Å². The number of carbonyl (C=O) groups is 1. The maximum atomic E-state index is 10.0. The zero-order valence-electron chi connectivity index (χ0n) is 15.3. The molecule has 0 aliphatic carbocycles. The van der Waals surface area contributed by atoms with Gasteiger partial charge in [0, 0.05) is 6.42 Å². The van der Waals surface area contributed by atoms with Crippen LogP contribution in [0.15, 0.2) is 72.8 Å². The molecule has 0 saturated heterocycles. The van der Waals surface area contributed by atoms with E-state index in [1.54, 1.807) is 6.92 Å². The molecule has 1 nitrogen and oxygen atoms in total. The maximum Gasteiger partial charge on any atom is 0.129 e. The minimum absolute atomic E-state index is 0.289. The summed E-state index contributed by atoms with van der Waals surface area (Å²) in [6, 6.07) is 26.5. The van der Waals surface area contributed by atoms with Gasteiger partial charge in [0.05, 0.1) is 0 Å².